The highest BCUT2D eigenvalue weighted by molar-refractivity contribution is 6.24. The maximum atomic E-state index is 15.4. The molecule has 12 nitrogen and oxygen atoms in total. The summed E-state index contributed by atoms with van der Waals surface area (Å²) in [5.41, 5.74) is -3.97. The first-order chi connectivity index (χ1) is 47.2. The summed E-state index contributed by atoms with van der Waals surface area (Å²) in [5, 5.41) is 0. The van der Waals surface area contributed by atoms with Gasteiger partial charge in [-0.2, -0.15) is 0 Å². The number of hydrogen-bond acceptors (Lipinski definition) is 12. The fraction of sp³-hybridized carbons (Fsp3) is 0.857. The Morgan fingerprint density at radius 1 is 0.146 bits per heavy atom. The maximum Gasteiger partial charge on any atom is 0.339 e. The van der Waals surface area contributed by atoms with E-state index in [-0.39, 0.29) is 39.6 Å². The van der Waals surface area contributed by atoms with Crippen molar-refractivity contribution in [1.29, 1.82) is 0 Å². The van der Waals surface area contributed by atoms with Crippen molar-refractivity contribution in [1.82, 2.24) is 0 Å². The molecule has 12 heteroatoms. The average Bonchev–Trinajstić information content (AvgIpc) is 0.733. The van der Waals surface area contributed by atoms with E-state index in [1.807, 2.05) is 0 Å². The molecular formula is C84H150O12. The molecule has 96 heavy (non-hydrogen) atoms. The number of ether oxygens (including phenoxy) is 6. The van der Waals surface area contributed by atoms with Gasteiger partial charge in [-0.3, -0.25) is 0 Å². The van der Waals surface area contributed by atoms with E-state index in [1.165, 1.54) is 193 Å². The summed E-state index contributed by atoms with van der Waals surface area (Å²) in [5.74, 6) is -6.66. The number of hydrogen-bond donors (Lipinski definition) is 0. The number of carbonyl (C=O) groups is 6. The van der Waals surface area contributed by atoms with E-state index in [2.05, 4.69) is 41.5 Å². The van der Waals surface area contributed by atoms with Gasteiger partial charge in [0.2, 0.25) is 0 Å². The number of unbranched alkanes of at least 4 members (excludes halogenated alkanes) is 54. The zero-order valence-electron chi connectivity index (χ0n) is 63.6. The number of esters is 6. The highest BCUT2D eigenvalue weighted by atomic mass is 16.6. The van der Waals surface area contributed by atoms with Crippen molar-refractivity contribution in [3.8, 4) is 0 Å². The van der Waals surface area contributed by atoms with Crippen LogP contribution in [0.4, 0.5) is 0 Å². The molecule has 0 amide bonds. The SMILES string of the molecule is CCCCCCCCCCCCOC(=O)c1c(C(=O)OCCCCCCCCCCCC)c(C(=O)OCCCCCCCCCCCC)c(C(=O)OCCCCCCCCCCCC)c(C(=O)OCCCCCCCCCCCC)c1C(=O)OCCCCCCCCCCCC. The highest BCUT2D eigenvalue weighted by Gasteiger charge is 2.43. The average molecular weight is 1350 g/mol. The summed E-state index contributed by atoms with van der Waals surface area (Å²) in [6.45, 7) is 13.0. The van der Waals surface area contributed by atoms with Gasteiger partial charge in [0.25, 0.3) is 0 Å². The predicted octanol–water partition coefficient (Wildman–Crippen LogP) is 26.2. The van der Waals surface area contributed by atoms with Crippen LogP contribution < -0.4 is 0 Å². The van der Waals surface area contributed by atoms with Crippen LogP contribution in [0.25, 0.3) is 0 Å². The summed E-state index contributed by atoms with van der Waals surface area (Å²) in [6.07, 6.45) is 63.0. The molecule has 1 rings (SSSR count). The first-order valence-corrected chi connectivity index (χ1v) is 41.4. The lowest BCUT2D eigenvalue weighted by Crippen LogP contribution is -2.32. The van der Waals surface area contributed by atoms with Crippen LogP contribution in [-0.4, -0.2) is 75.5 Å². The van der Waals surface area contributed by atoms with E-state index in [4.69, 9.17) is 28.4 Å². The monoisotopic (exact) mass is 1350 g/mol. The van der Waals surface area contributed by atoms with E-state index in [0.717, 1.165) is 154 Å². The van der Waals surface area contributed by atoms with Gasteiger partial charge < -0.3 is 28.4 Å². The third-order valence-corrected chi connectivity index (χ3v) is 19.1. The van der Waals surface area contributed by atoms with Crippen LogP contribution in [0.3, 0.4) is 0 Å². The maximum absolute atomic E-state index is 15.4. The Morgan fingerprint density at radius 2 is 0.229 bits per heavy atom. The van der Waals surface area contributed by atoms with Crippen molar-refractivity contribution in [3.05, 3.63) is 33.4 Å². The second-order valence-electron chi connectivity index (χ2n) is 28.2. The Bertz CT molecular complexity index is 1650. The molecule has 1 aromatic carbocycles. The lowest BCUT2D eigenvalue weighted by atomic mass is 9.85. The first-order valence-electron chi connectivity index (χ1n) is 41.4. The third kappa shape index (κ3) is 47.9. The smallest absolute Gasteiger partial charge is 0.339 e. The minimum Gasteiger partial charge on any atom is -0.462 e. The molecule has 0 aliphatic rings. The second kappa shape index (κ2) is 68.2. The zero-order valence-corrected chi connectivity index (χ0v) is 63.6. The Hall–Kier alpha value is -3.96. The quantitative estimate of drug-likeness (QED) is 0.0346. The molecule has 0 aromatic heterocycles. The van der Waals surface area contributed by atoms with Crippen molar-refractivity contribution in [2.24, 2.45) is 0 Å². The molecule has 0 saturated carbocycles. The van der Waals surface area contributed by atoms with Gasteiger partial charge >= 0.3 is 35.8 Å². The molecule has 0 aliphatic heterocycles. The van der Waals surface area contributed by atoms with Crippen molar-refractivity contribution in [2.45, 2.75) is 427 Å². The lowest BCUT2D eigenvalue weighted by molar-refractivity contribution is 0.0385. The van der Waals surface area contributed by atoms with Gasteiger partial charge in [0.1, 0.15) is 0 Å². The van der Waals surface area contributed by atoms with Gasteiger partial charge in [0.15, 0.2) is 0 Å². The van der Waals surface area contributed by atoms with E-state index in [0.29, 0.717) is 38.5 Å². The van der Waals surface area contributed by atoms with Crippen LogP contribution in [0.2, 0.25) is 0 Å². The van der Waals surface area contributed by atoms with Crippen molar-refractivity contribution >= 4 is 35.8 Å². The summed E-state index contributed by atoms with van der Waals surface area (Å²) >= 11 is 0. The molecule has 558 valence electrons. The van der Waals surface area contributed by atoms with Gasteiger partial charge in [0, 0.05) is 0 Å². The summed E-state index contributed by atoms with van der Waals surface area (Å²) < 4.78 is 36.5. The fourth-order valence-corrected chi connectivity index (χ4v) is 12.9. The predicted molar refractivity (Wildman–Crippen MR) is 399 cm³/mol. The number of carbonyl (C=O) groups excluding carboxylic acids is 6. The first kappa shape index (κ1) is 90.1. The van der Waals surface area contributed by atoms with Crippen molar-refractivity contribution in [3.63, 3.8) is 0 Å². The van der Waals surface area contributed by atoms with Crippen molar-refractivity contribution in [2.75, 3.05) is 39.6 Å². The van der Waals surface area contributed by atoms with E-state index < -0.39 is 69.2 Å². The molecule has 0 bridgehead atoms. The van der Waals surface area contributed by atoms with Crippen LogP contribution in [0, 0.1) is 0 Å². The summed E-state index contributed by atoms with van der Waals surface area (Å²) in [7, 11) is 0. The molecule has 0 aliphatic carbocycles. The molecule has 0 saturated heterocycles. The van der Waals surface area contributed by atoms with Crippen LogP contribution in [0.15, 0.2) is 0 Å². The van der Waals surface area contributed by atoms with Gasteiger partial charge in [-0.15, -0.1) is 0 Å². The number of rotatable bonds is 72. The number of benzene rings is 1. The van der Waals surface area contributed by atoms with Crippen molar-refractivity contribution < 1.29 is 57.2 Å². The standard InChI is InChI=1S/C84H150O12/c1-7-13-19-25-31-37-43-49-55-61-67-91-79(85)73-74(80(86)92-68-62-56-50-44-38-32-26-20-14-8-2)76(82(88)94-70-64-58-52-46-40-34-28-22-16-10-4)78(84(90)96-72-66-60-54-48-42-36-30-24-18-12-6)77(83(89)95-71-65-59-53-47-41-35-29-23-17-11-5)75(73)81(87)93-69-63-57-51-45-39-33-27-21-15-9-3/h7-72H2,1-6H3. The topological polar surface area (TPSA) is 158 Å². The molecule has 0 spiro atoms. The minimum absolute atomic E-state index is 0.0603. The molecule has 0 fully saturated rings. The van der Waals surface area contributed by atoms with Gasteiger partial charge in [-0.1, -0.05) is 388 Å². The molecule has 0 heterocycles. The molecule has 0 unspecified atom stereocenters. The second-order valence-corrected chi connectivity index (χ2v) is 28.2. The van der Waals surface area contributed by atoms with Crippen LogP contribution in [-0.2, 0) is 28.4 Å². The Labute approximate surface area is 590 Å². The molecular weight excluding hydrogens is 1200 g/mol. The largest absolute Gasteiger partial charge is 0.462 e. The minimum atomic E-state index is -1.11. The third-order valence-electron chi connectivity index (χ3n) is 19.1. The van der Waals surface area contributed by atoms with E-state index in [1.54, 1.807) is 0 Å². The Morgan fingerprint density at radius 3 is 0.323 bits per heavy atom. The highest BCUT2D eigenvalue weighted by Crippen LogP contribution is 2.35. The Balaban J connectivity index is 4.16. The van der Waals surface area contributed by atoms with Gasteiger partial charge in [-0.05, 0) is 38.5 Å². The van der Waals surface area contributed by atoms with Crippen LogP contribution in [0.1, 0.15) is 489 Å². The normalized spacial score (nSPS) is 11.3. The molecule has 1 aromatic rings. The lowest BCUT2D eigenvalue weighted by Gasteiger charge is -2.23. The molecule has 0 N–H and O–H groups in total. The summed E-state index contributed by atoms with van der Waals surface area (Å²) in [6, 6.07) is 0. The van der Waals surface area contributed by atoms with Gasteiger partial charge in [0.05, 0.1) is 73.0 Å². The molecule has 0 radical (unpaired) electrons. The van der Waals surface area contributed by atoms with Crippen LogP contribution >= 0.6 is 0 Å². The summed E-state index contributed by atoms with van der Waals surface area (Å²) in [4.78, 5) is 92.1. The van der Waals surface area contributed by atoms with Crippen LogP contribution in [0.5, 0.6) is 0 Å². The zero-order chi connectivity index (χ0) is 69.8. The van der Waals surface area contributed by atoms with Gasteiger partial charge in [-0.25, -0.2) is 28.8 Å². The molecule has 0 atom stereocenters. The Kier molecular flexibility index (Phi) is 64.0. The van der Waals surface area contributed by atoms with E-state index >= 15 is 28.8 Å². The fourth-order valence-electron chi connectivity index (χ4n) is 12.9. The van der Waals surface area contributed by atoms with E-state index in [9.17, 15) is 0 Å².